The van der Waals surface area contributed by atoms with Crippen LogP contribution in [0.15, 0.2) is 53.4 Å². The molecule has 1 unspecified atom stereocenters. The molecule has 2 heteroatoms. The standard InChI is InChI=1S/C18H23NS/c1-4-17(19-3)16-11-7-8-12-18(16)20-13-15-10-6-5-9-14(15)2/h5-12,17,19H,4,13H2,1-3H3. The second kappa shape index (κ2) is 7.51. The van der Waals surface area contributed by atoms with E-state index in [0.717, 1.165) is 12.2 Å². The number of aryl methyl sites for hydroxylation is 1. The molecule has 0 heterocycles. The minimum Gasteiger partial charge on any atom is -0.313 e. The zero-order chi connectivity index (χ0) is 14.4. The largest absolute Gasteiger partial charge is 0.313 e. The van der Waals surface area contributed by atoms with Crippen LogP contribution in [0.3, 0.4) is 0 Å². The van der Waals surface area contributed by atoms with Crippen LogP contribution < -0.4 is 5.32 Å². The predicted molar refractivity (Wildman–Crippen MR) is 89.3 cm³/mol. The number of hydrogen-bond acceptors (Lipinski definition) is 2. The van der Waals surface area contributed by atoms with Gasteiger partial charge in [0.2, 0.25) is 0 Å². The molecular weight excluding hydrogens is 262 g/mol. The molecule has 2 aromatic carbocycles. The van der Waals surface area contributed by atoms with Crippen molar-refractivity contribution in [2.75, 3.05) is 7.05 Å². The van der Waals surface area contributed by atoms with Gasteiger partial charge in [-0.25, -0.2) is 0 Å². The monoisotopic (exact) mass is 285 g/mol. The summed E-state index contributed by atoms with van der Waals surface area (Å²) in [4.78, 5) is 1.39. The maximum Gasteiger partial charge on any atom is 0.0326 e. The van der Waals surface area contributed by atoms with Crippen molar-refractivity contribution in [1.29, 1.82) is 0 Å². The highest BCUT2D eigenvalue weighted by Crippen LogP contribution is 2.31. The number of hydrogen-bond donors (Lipinski definition) is 1. The average Bonchev–Trinajstić information content (AvgIpc) is 2.49. The number of thioether (sulfide) groups is 1. The fourth-order valence-corrected chi connectivity index (χ4v) is 3.59. The van der Waals surface area contributed by atoms with E-state index in [1.165, 1.54) is 21.6 Å². The minimum atomic E-state index is 0.440. The fraction of sp³-hybridized carbons (Fsp3) is 0.333. The molecule has 0 aliphatic carbocycles. The molecule has 0 saturated heterocycles. The van der Waals surface area contributed by atoms with E-state index in [1.54, 1.807) is 0 Å². The van der Waals surface area contributed by atoms with Crippen LogP contribution in [0.1, 0.15) is 36.1 Å². The van der Waals surface area contributed by atoms with Crippen LogP contribution >= 0.6 is 11.8 Å². The zero-order valence-corrected chi connectivity index (χ0v) is 13.3. The summed E-state index contributed by atoms with van der Waals surface area (Å²) in [5.41, 5.74) is 4.21. The van der Waals surface area contributed by atoms with E-state index in [2.05, 4.69) is 67.7 Å². The van der Waals surface area contributed by atoms with Crippen molar-refractivity contribution in [3.63, 3.8) is 0 Å². The quantitative estimate of drug-likeness (QED) is 0.753. The molecule has 2 rings (SSSR count). The Morgan fingerprint density at radius 1 is 1.05 bits per heavy atom. The molecule has 0 aliphatic rings. The van der Waals surface area contributed by atoms with Gasteiger partial charge in [0.05, 0.1) is 0 Å². The highest BCUT2D eigenvalue weighted by Gasteiger charge is 2.11. The first kappa shape index (κ1) is 15.1. The predicted octanol–water partition coefficient (Wildman–Crippen LogP) is 4.96. The third-order valence-corrected chi connectivity index (χ3v) is 4.83. The third-order valence-electron chi connectivity index (χ3n) is 3.70. The van der Waals surface area contributed by atoms with E-state index in [0.29, 0.717) is 6.04 Å². The molecule has 0 radical (unpaired) electrons. The van der Waals surface area contributed by atoms with Gasteiger partial charge in [0.15, 0.2) is 0 Å². The van der Waals surface area contributed by atoms with E-state index in [4.69, 9.17) is 0 Å². The Balaban J connectivity index is 2.16. The van der Waals surface area contributed by atoms with Crippen molar-refractivity contribution in [3.8, 4) is 0 Å². The Bertz CT molecular complexity index is 547. The lowest BCUT2D eigenvalue weighted by atomic mass is 10.1. The first-order valence-corrected chi connectivity index (χ1v) is 8.18. The Labute approximate surface area is 126 Å². The molecule has 1 N–H and O–H groups in total. The maximum absolute atomic E-state index is 3.40. The van der Waals surface area contributed by atoms with Crippen LogP contribution in [-0.4, -0.2) is 7.05 Å². The summed E-state index contributed by atoms with van der Waals surface area (Å²) >= 11 is 1.93. The lowest BCUT2D eigenvalue weighted by Gasteiger charge is -2.18. The SMILES string of the molecule is CCC(NC)c1ccccc1SCc1ccccc1C. The highest BCUT2D eigenvalue weighted by molar-refractivity contribution is 7.98. The summed E-state index contributed by atoms with van der Waals surface area (Å²) in [6.07, 6.45) is 1.11. The molecule has 20 heavy (non-hydrogen) atoms. The molecule has 0 saturated carbocycles. The normalized spacial score (nSPS) is 12.3. The molecule has 0 aromatic heterocycles. The molecule has 0 spiro atoms. The van der Waals surface area contributed by atoms with Gasteiger partial charge < -0.3 is 5.32 Å². The Morgan fingerprint density at radius 2 is 1.75 bits per heavy atom. The van der Waals surface area contributed by atoms with E-state index >= 15 is 0 Å². The van der Waals surface area contributed by atoms with Crippen molar-refractivity contribution in [2.45, 2.75) is 37.0 Å². The van der Waals surface area contributed by atoms with Crippen LogP contribution in [0.2, 0.25) is 0 Å². The minimum absolute atomic E-state index is 0.440. The second-order valence-electron chi connectivity index (χ2n) is 5.00. The van der Waals surface area contributed by atoms with Gasteiger partial charge in [-0.05, 0) is 43.1 Å². The molecule has 1 nitrogen and oxygen atoms in total. The van der Waals surface area contributed by atoms with Gasteiger partial charge in [-0.15, -0.1) is 11.8 Å². The second-order valence-corrected chi connectivity index (χ2v) is 6.02. The lowest BCUT2D eigenvalue weighted by Crippen LogP contribution is -2.15. The maximum atomic E-state index is 3.40. The average molecular weight is 285 g/mol. The molecule has 1 atom stereocenters. The fourth-order valence-electron chi connectivity index (χ4n) is 2.41. The van der Waals surface area contributed by atoms with Gasteiger partial charge in [-0.3, -0.25) is 0 Å². The molecule has 0 fully saturated rings. The van der Waals surface area contributed by atoms with Gasteiger partial charge in [-0.1, -0.05) is 49.4 Å². The summed E-state index contributed by atoms with van der Waals surface area (Å²) in [6.45, 7) is 4.41. The number of nitrogens with one attached hydrogen (secondary N) is 1. The van der Waals surface area contributed by atoms with Crippen LogP contribution in [0.5, 0.6) is 0 Å². The first-order valence-electron chi connectivity index (χ1n) is 7.19. The Morgan fingerprint density at radius 3 is 2.45 bits per heavy atom. The molecular formula is C18H23NS. The van der Waals surface area contributed by atoms with Crippen molar-refractivity contribution in [2.24, 2.45) is 0 Å². The van der Waals surface area contributed by atoms with E-state index in [-0.39, 0.29) is 0 Å². The van der Waals surface area contributed by atoms with Crippen LogP contribution in [0, 0.1) is 6.92 Å². The first-order chi connectivity index (χ1) is 9.76. The van der Waals surface area contributed by atoms with Gasteiger partial charge in [0.1, 0.15) is 0 Å². The van der Waals surface area contributed by atoms with E-state index in [9.17, 15) is 0 Å². The third kappa shape index (κ3) is 3.65. The van der Waals surface area contributed by atoms with Crippen molar-refractivity contribution in [1.82, 2.24) is 5.32 Å². The van der Waals surface area contributed by atoms with Gasteiger partial charge in [0.25, 0.3) is 0 Å². The lowest BCUT2D eigenvalue weighted by molar-refractivity contribution is 0.568. The van der Waals surface area contributed by atoms with Gasteiger partial charge in [0, 0.05) is 16.7 Å². The smallest absolute Gasteiger partial charge is 0.0326 e. The van der Waals surface area contributed by atoms with Crippen molar-refractivity contribution < 1.29 is 0 Å². The van der Waals surface area contributed by atoms with Crippen molar-refractivity contribution >= 4 is 11.8 Å². The zero-order valence-electron chi connectivity index (χ0n) is 12.5. The van der Waals surface area contributed by atoms with E-state index in [1.807, 2.05) is 18.8 Å². The Kier molecular flexibility index (Phi) is 5.69. The Hall–Kier alpha value is -1.25. The topological polar surface area (TPSA) is 12.0 Å². The summed E-state index contributed by atoms with van der Waals surface area (Å²) < 4.78 is 0. The summed E-state index contributed by atoms with van der Waals surface area (Å²) in [7, 11) is 2.04. The summed E-state index contributed by atoms with van der Waals surface area (Å²) in [5.74, 6) is 1.03. The van der Waals surface area contributed by atoms with Crippen LogP contribution in [0.25, 0.3) is 0 Å². The van der Waals surface area contributed by atoms with Crippen LogP contribution in [0.4, 0.5) is 0 Å². The number of rotatable bonds is 6. The van der Waals surface area contributed by atoms with Gasteiger partial charge >= 0.3 is 0 Å². The molecule has 0 bridgehead atoms. The summed E-state index contributed by atoms with van der Waals surface area (Å²) in [5, 5.41) is 3.40. The van der Waals surface area contributed by atoms with E-state index < -0.39 is 0 Å². The highest BCUT2D eigenvalue weighted by atomic mass is 32.2. The molecule has 0 aliphatic heterocycles. The van der Waals surface area contributed by atoms with Gasteiger partial charge in [-0.2, -0.15) is 0 Å². The van der Waals surface area contributed by atoms with Crippen molar-refractivity contribution in [3.05, 3.63) is 65.2 Å². The summed E-state index contributed by atoms with van der Waals surface area (Å²) in [6, 6.07) is 17.8. The molecule has 0 amide bonds. The van der Waals surface area contributed by atoms with Crippen LogP contribution in [-0.2, 0) is 5.75 Å². The molecule has 106 valence electrons. The number of benzene rings is 2. The molecule has 2 aromatic rings.